The molecule has 3 rings (SSSR count). The van der Waals surface area contributed by atoms with E-state index in [1.54, 1.807) is 6.07 Å². The molecular formula is C17H17F3N4O. The third kappa shape index (κ3) is 4.07. The van der Waals surface area contributed by atoms with Gasteiger partial charge in [-0.15, -0.1) is 0 Å². The number of aryl methyl sites for hydroxylation is 1. The van der Waals surface area contributed by atoms with Gasteiger partial charge in [-0.1, -0.05) is 6.07 Å². The average molecular weight is 350 g/mol. The first-order chi connectivity index (χ1) is 11.8. The lowest BCUT2D eigenvalue weighted by molar-refractivity contribution is -0.141. The van der Waals surface area contributed by atoms with Crippen LogP contribution in [0.15, 0.2) is 30.5 Å². The fourth-order valence-electron chi connectivity index (χ4n) is 2.73. The fraction of sp³-hybridized carbons (Fsp3) is 0.353. The Bertz CT molecular complexity index is 782. The summed E-state index contributed by atoms with van der Waals surface area (Å²) in [5, 5.41) is 2.82. The maximum Gasteiger partial charge on any atom is 0.433 e. The van der Waals surface area contributed by atoms with E-state index in [2.05, 4.69) is 20.2 Å². The molecule has 0 bridgehead atoms. The SMILES string of the molecule is Cc1ccc(Nc2nccc(C(F)(F)F)n2)cc1N1CCC(=O)CC1. The second-order valence-corrected chi connectivity index (χ2v) is 5.92. The number of hydrogen-bond donors (Lipinski definition) is 1. The minimum atomic E-state index is -4.52. The summed E-state index contributed by atoms with van der Waals surface area (Å²) >= 11 is 0. The van der Waals surface area contributed by atoms with Crippen LogP contribution in [0.1, 0.15) is 24.1 Å². The third-order valence-electron chi connectivity index (χ3n) is 4.07. The second-order valence-electron chi connectivity index (χ2n) is 5.92. The Morgan fingerprint density at radius 2 is 1.88 bits per heavy atom. The lowest BCUT2D eigenvalue weighted by atomic mass is 10.1. The standard InChI is InChI=1S/C17H17F3N4O/c1-11-2-3-12(10-14(11)24-8-5-13(25)6-9-24)22-16-21-7-4-15(23-16)17(18,19)20/h2-4,7,10H,5-6,8-9H2,1H3,(H,21,22,23). The smallest absolute Gasteiger partial charge is 0.370 e. The summed E-state index contributed by atoms with van der Waals surface area (Å²) in [6.45, 7) is 3.24. The van der Waals surface area contributed by atoms with Gasteiger partial charge in [0.2, 0.25) is 5.95 Å². The molecule has 1 aromatic heterocycles. The molecule has 8 heteroatoms. The van der Waals surface area contributed by atoms with Gasteiger partial charge in [0.05, 0.1) is 0 Å². The summed E-state index contributed by atoms with van der Waals surface area (Å²) in [5.74, 6) is 0.138. The molecule has 25 heavy (non-hydrogen) atoms. The number of carbonyl (C=O) groups is 1. The van der Waals surface area contributed by atoms with E-state index in [9.17, 15) is 18.0 Å². The minimum absolute atomic E-state index is 0.113. The Balaban J connectivity index is 1.82. The molecule has 2 heterocycles. The van der Waals surface area contributed by atoms with Gasteiger partial charge in [-0.2, -0.15) is 13.2 Å². The molecule has 1 N–H and O–H groups in total. The van der Waals surface area contributed by atoms with Crippen molar-refractivity contribution in [3.63, 3.8) is 0 Å². The average Bonchev–Trinajstić information content (AvgIpc) is 2.57. The van der Waals surface area contributed by atoms with Crippen molar-refractivity contribution in [2.24, 2.45) is 0 Å². The van der Waals surface area contributed by atoms with Crippen LogP contribution < -0.4 is 10.2 Å². The van der Waals surface area contributed by atoms with Crippen LogP contribution in [-0.2, 0) is 11.0 Å². The zero-order valence-electron chi connectivity index (χ0n) is 13.6. The first-order valence-corrected chi connectivity index (χ1v) is 7.87. The first kappa shape index (κ1) is 17.2. The van der Waals surface area contributed by atoms with E-state index in [4.69, 9.17) is 0 Å². The van der Waals surface area contributed by atoms with Gasteiger partial charge >= 0.3 is 6.18 Å². The van der Waals surface area contributed by atoms with Crippen LogP contribution in [0, 0.1) is 6.92 Å². The zero-order chi connectivity index (χ0) is 18.0. The van der Waals surface area contributed by atoms with Crippen molar-refractivity contribution in [3.8, 4) is 0 Å². The summed E-state index contributed by atoms with van der Waals surface area (Å²) in [6, 6.07) is 6.31. The van der Waals surface area contributed by atoms with Crippen molar-refractivity contribution in [2.45, 2.75) is 25.9 Å². The number of halogens is 3. The van der Waals surface area contributed by atoms with E-state index in [1.807, 2.05) is 19.1 Å². The Labute approximate surface area is 142 Å². The van der Waals surface area contributed by atoms with Gasteiger partial charge in [0.25, 0.3) is 0 Å². The minimum Gasteiger partial charge on any atom is -0.370 e. The van der Waals surface area contributed by atoms with Crippen molar-refractivity contribution in [2.75, 3.05) is 23.3 Å². The molecule has 1 aromatic carbocycles. The lowest BCUT2D eigenvalue weighted by Crippen LogP contribution is -2.34. The summed E-state index contributed by atoms with van der Waals surface area (Å²) in [7, 11) is 0. The molecule has 0 unspecified atom stereocenters. The molecule has 1 saturated heterocycles. The molecule has 0 atom stereocenters. The quantitative estimate of drug-likeness (QED) is 0.914. The Hall–Kier alpha value is -2.64. The van der Waals surface area contributed by atoms with Crippen molar-refractivity contribution < 1.29 is 18.0 Å². The van der Waals surface area contributed by atoms with Crippen LogP contribution in [0.2, 0.25) is 0 Å². The summed E-state index contributed by atoms with van der Waals surface area (Å²) in [4.78, 5) is 20.9. The maximum absolute atomic E-state index is 12.7. The number of hydrogen-bond acceptors (Lipinski definition) is 5. The highest BCUT2D eigenvalue weighted by molar-refractivity contribution is 5.81. The van der Waals surface area contributed by atoms with Gasteiger partial charge in [-0.05, 0) is 30.7 Å². The summed E-state index contributed by atoms with van der Waals surface area (Å²) in [5.41, 5.74) is 1.58. The topological polar surface area (TPSA) is 58.1 Å². The molecule has 1 aliphatic heterocycles. The number of alkyl halides is 3. The largest absolute Gasteiger partial charge is 0.433 e. The van der Waals surface area contributed by atoms with Crippen molar-refractivity contribution in [1.29, 1.82) is 0 Å². The number of benzene rings is 1. The molecule has 0 radical (unpaired) electrons. The molecule has 1 fully saturated rings. The van der Waals surface area contributed by atoms with Crippen LogP contribution in [0.5, 0.6) is 0 Å². The maximum atomic E-state index is 12.7. The van der Waals surface area contributed by atoms with E-state index < -0.39 is 11.9 Å². The predicted octanol–water partition coefficient (Wildman–Crippen LogP) is 3.72. The highest BCUT2D eigenvalue weighted by Gasteiger charge is 2.32. The van der Waals surface area contributed by atoms with Crippen LogP contribution >= 0.6 is 0 Å². The van der Waals surface area contributed by atoms with Gasteiger partial charge in [0.15, 0.2) is 0 Å². The zero-order valence-corrected chi connectivity index (χ0v) is 13.6. The first-order valence-electron chi connectivity index (χ1n) is 7.87. The number of piperidine rings is 1. The van der Waals surface area contributed by atoms with Crippen molar-refractivity contribution in [3.05, 3.63) is 41.7 Å². The molecule has 1 aliphatic rings. The number of Topliss-reactive ketones (excluding diaryl/α,β-unsaturated/α-hetero) is 1. The number of ketones is 1. The van der Waals surface area contributed by atoms with Crippen LogP contribution in [0.25, 0.3) is 0 Å². The molecule has 5 nitrogen and oxygen atoms in total. The number of carbonyl (C=O) groups excluding carboxylic acids is 1. The number of nitrogens with one attached hydrogen (secondary N) is 1. The van der Waals surface area contributed by atoms with E-state index in [0.29, 0.717) is 31.6 Å². The molecule has 0 spiro atoms. The molecular weight excluding hydrogens is 333 g/mol. The van der Waals surface area contributed by atoms with Crippen LogP contribution in [0.3, 0.4) is 0 Å². The van der Waals surface area contributed by atoms with Gasteiger partial charge in [-0.25, -0.2) is 9.97 Å². The van der Waals surface area contributed by atoms with E-state index in [-0.39, 0.29) is 11.7 Å². The van der Waals surface area contributed by atoms with Gasteiger partial charge in [-0.3, -0.25) is 4.79 Å². The van der Waals surface area contributed by atoms with E-state index in [0.717, 1.165) is 23.5 Å². The summed E-state index contributed by atoms with van der Waals surface area (Å²) in [6.07, 6.45) is -2.43. The lowest BCUT2D eigenvalue weighted by Gasteiger charge is -2.30. The third-order valence-corrected chi connectivity index (χ3v) is 4.07. The normalized spacial score (nSPS) is 15.4. The van der Waals surface area contributed by atoms with E-state index in [1.165, 1.54) is 0 Å². The van der Waals surface area contributed by atoms with Gasteiger partial charge in [0, 0.05) is 43.5 Å². The number of anilines is 3. The van der Waals surface area contributed by atoms with Crippen LogP contribution in [0.4, 0.5) is 30.5 Å². The molecule has 0 saturated carbocycles. The van der Waals surface area contributed by atoms with Gasteiger partial charge in [0.1, 0.15) is 11.5 Å². The predicted molar refractivity (Wildman–Crippen MR) is 87.9 cm³/mol. The number of rotatable bonds is 3. The van der Waals surface area contributed by atoms with Crippen molar-refractivity contribution in [1.82, 2.24) is 9.97 Å². The Morgan fingerprint density at radius 1 is 1.16 bits per heavy atom. The molecule has 0 amide bonds. The number of aromatic nitrogens is 2. The van der Waals surface area contributed by atoms with Gasteiger partial charge < -0.3 is 10.2 Å². The van der Waals surface area contributed by atoms with E-state index >= 15 is 0 Å². The monoisotopic (exact) mass is 350 g/mol. The summed E-state index contributed by atoms with van der Waals surface area (Å²) < 4.78 is 38.2. The molecule has 0 aliphatic carbocycles. The number of nitrogens with zero attached hydrogens (tertiary/aromatic N) is 3. The Kier molecular flexibility index (Phi) is 4.61. The Morgan fingerprint density at radius 3 is 2.56 bits per heavy atom. The van der Waals surface area contributed by atoms with Crippen LogP contribution in [-0.4, -0.2) is 28.8 Å². The highest BCUT2D eigenvalue weighted by Crippen LogP contribution is 2.30. The fourth-order valence-corrected chi connectivity index (χ4v) is 2.73. The highest BCUT2D eigenvalue weighted by atomic mass is 19.4. The molecule has 132 valence electrons. The molecule has 2 aromatic rings. The second kappa shape index (κ2) is 6.70. The van der Waals surface area contributed by atoms with Crippen molar-refractivity contribution >= 4 is 23.1 Å².